The zero-order valence-corrected chi connectivity index (χ0v) is 21.1. The topological polar surface area (TPSA) is 124 Å². The Morgan fingerprint density at radius 1 is 1.18 bits per heavy atom. The van der Waals surface area contributed by atoms with Crippen LogP contribution in [-0.4, -0.2) is 49.1 Å². The van der Waals surface area contributed by atoms with E-state index in [1.807, 2.05) is 0 Å². The standard InChI is InChI=1S/C23H21NO7S.Na/c1-11-14(21(23(27)28)24-20(11)18(12(2)25)22(24)26)10-31-15-7-5-9-17-19(15)13-6-3-4-8-16(13)32(17,29)30;/h3-9,11-12,18,20,25H,10H2,1-2H3,(H,27,28);/q;+1/p-1/t11-,12?,18?,20?;/m0./s1. The fourth-order valence-corrected chi connectivity index (χ4v) is 6.82. The molecule has 0 radical (unpaired) electrons. The smallest absolute Gasteiger partial charge is 0.543 e. The van der Waals surface area contributed by atoms with Gasteiger partial charge in [-0.15, -0.1) is 0 Å². The second-order valence-electron chi connectivity index (χ2n) is 8.33. The number of hydrogen-bond donors (Lipinski definition) is 1. The average molecular weight is 477 g/mol. The van der Waals surface area contributed by atoms with Crippen molar-refractivity contribution in [1.82, 2.24) is 4.90 Å². The van der Waals surface area contributed by atoms with Crippen molar-refractivity contribution in [2.45, 2.75) is 35.8 Å². The molecule has 10 heteroatoms. The van der Waals surface area contributed by atoms with Gasteiger partial charge < -0.3 is 24.6 Å². The number of carbonyl (C=O) groups is 2. The summed E-state index contributed by atoms with van der Waals surface area (Å²) in [7, 11) is -3.67. The SMILES string of the molecule is CC(O)C1C(=O)N2C(C(=O)[O-])=C(COc3cccc4c3-c3ccccc3S4(=O)=O)[C@H](C)C12.[Na+]. The van der Waals surface area contributed by atoms with Gasteiger partial charge in [-0.2, -0.15) is 0 Å². The molecule has 2 aromatic carbocycles. The van der Waals surface area contributed by atoms with E-state index in [-0.39, 0.29) is 57.6 Å². The van der Waals surface area contributed by atoms with Crippen LogP contribution in [0, 0.1) is 11.8 Å². The number of carboxylic acids is 1. The summed E-state index contributed by atoms with van der Waals surface area (Å²) in [5.41, 5.74) is 1.11. The minimum Gasteiger partial charge on any atom is -0.543 e. The average Bonchev–Trinajstić information content (AvgIpc) is 3.13. The van der Waals surface area contributed by atoms with Crippen LogP contribution in [0.5, 0.6) is 5.75 Å². The largest absolute Gasteiger partial charge is 1.00 e. The van der Waals surface area contributed by atoms with E-state index in [4.69, 9.17) is 4.74 Å². The van der Waals surface area contributed by atoms with Gasteiger partial charge in [-0.05, 0) is 30.7 Å². The summed E-state index contributed by atoms with van der Waals surface area (Å²) >= 11 is 0. The van der Waals surface area contributed by atoms with E-state index in [1.54, 1.807) is 37.3 Å². The van der Waals surface area contributed by atoms with Crippen LogP contribution in [0.15, 0.2) is 63.5 Å². The number of β-lactam (4-membered cyclic amide) rings is 1. The molecule has 0 spiro atoms. The summed E-state index contributed by atoms with van der Waals surface area (Å²) in [6.45, 7) is 3.13. The first-order chi connectivity index (χ1) is 15.2. The van der Waals surface area contributed by atoms with E-state index in [1.165, 1.54) is 24.0 Å². The molecule has 1 amide bonds. The number of benzene rings is 2. The van der Waals surface area contributed by atoms with Gasteiger partial charge in [0.05, 0.1) is 39.5 Å². The van der Waals surface area contributed by atoms with Gasteiger partial charge in [0, 0.05) is 17.0 Å². The molecule has 0 aliphatic carbocycles. The number of sulfone groups is 1. The Hall–Kier alpha value is -2.17. The summed E-state index contributed by atoms with van der Waals surface area (Å²) in [6.07, 6.45) is -0.909. The van der Waals surface area contributed by atoms with Crippen LogP contribution in [0.4, 0.5) is 0 Å². The summed E-state index contributed by atoms with van der Waals surface area (Å²) in [4.78, 5) is 25.8. The summed E-state index contributed by atoms with van der Waals surface area (Å²) in [5, 5.41) is 21.8. The molecule has 3 unspecified atom stereocenters. The van der Waals surface area contributed by atoms with Crippen molar-refractivity contribution >= 4 is 21.7 Å². The van der Waals surface area contributed by atoms with Crippen molar-refractivity contribution in [3.63, 3.8) is 0 Å². The molecule has 1 fully saturated rings. The van der Waals surface area contributed by atoms with Crippen LogP contribution in [0.25, 0.3) is 11.1 Å². The van der Waals surface area contributed by atoms with Gasteiger partial charge in [-0.25, -0.2) is 8.42 Å². The molecule has 1 N–H and O–H groups in total. The molecule has 0 saturated carbocycles. The third-order valence-corrected chi connectivity index (χ3v) is 8.47. The molecule has 1 saturated heterocycles. The number of carboxylic acid groups (broad SMARTS) is 1. The molecule has 0 bridgehead atoms. The van der Waals surface area contributed by atoms with Crippen LogP contribution < -0.4 is 39.4 Å². The second-order valence-corrected chi connectivity index (χ2v) is 10.2. The number of carbonyl (C=O) groups excluding carboxylic acids is 2. The van der Waals surface area contributed by atoms with E-state index in [0.29, 0.717) is 22.4 Å². The van der Waals surface area contributed by atoms with Gasteiger partial charge in [-0.3, -0.25) is 4.79 Å². The first kappa shape index (κ1) is 24.0. The summed E-state index contributed by atoms with van der Waals surface area (Å²) in [5.74, 6) is -2.68. The maximum absolute atomic E-state index is 12.9. The van der Waals surface area contributed by atoms with Crippen molar-refractivity contribution in [1.29, 1.82) is 0 Å². The third-order valence-electron chi connectivity index (χ3n) is 6.62. The van der Waals surface area contributed by atoms with Crippen molar-refractivity contribution in [3.8, 4) is 16.9 Å². The Balaban J connectivity index is 0.00000259. The van der Waals surface area contributed by atoms with Crippen LogP contribution in [0.3, 0.4) is 0 Å². The third kappa shape index (κ3) is 3.29. The van der Waals surface area contributed by atoms with Crippen molar-refractivity contribution in [3.05, 3.63) is 53.7 Å². The Morgan fingerprint density at radius 2 is 1.85 bits per heavy atom. The minimum atomic E-state index is -3.67. The number of aliphatic carboxylic acids is 1. The molecule has 4 atom stereocenters. The van der Waals surface area contributed by atoms with Gasteiger partial charge in [-0.1, -0.05) is 31.2 Å². The van der Waals surface area contributed by atoms with Crippen LogP contribution in [-0.2, 0) is 19.4 Å². The number of rotatable bonds is 5. The number of fused-ring (bicyclic) bond motifs is 4. The van der Waals surface area contributed by atoms with Crippen molar-refractivity contribution in [2.75, 3.05) is 6.61 Å². The zero-order valence-electron chi connectivity index (χ0n) is 18.3. The summed E-state index contributed by atoms with van der Waals surface area (Å²) < 4.78 is 31.8. The number of nitrogens with zero attached hydrogens (tertiary/aromatic N) is 1. The normalized spacial score (nSPS) is 24.9. The number of aliphatic hydroxyl groups is 1. The summed E-state index contributed by atoms with van der Waals surface area (Å²) in [6, 6.07) is 10.9. The quantitative estimate of drug-likeness (QED) is 0.325. The van der Waals surface area contributed by atoms with E-state index < -0.39 is 39.8 Å². The van der Waals surface area contributed by atoms with Crippen LogP contribution in [0.2, 0.25) is 0 Å². The van der Waals surface area contributed by atoms with E-state index in [2.05, 4.69) is 0 Å². The first-order valence-electron chi connectivity index (χ1n) is 10.2. The van der Waals surface area contributed by atoms with E-state index in [0.717, 1.165) is 0 Å². The second kappa shape index (κ2) is 8.25. The van der Waals surface area contributed by atoms with Gasteiger partial charge in [0.1, 0.15) is 12.4 Å². The van der Waals surface area contributed by atoms with E-state index >= 15 is 0 Å². The van der Waals surface area contributed by atoms with Gasteiger partial charge in [0.15, 0.2) is 0 Å². The number of amides is 1. The molecule has 0 aromatic heterocycles. The fourth-order valence-electron chi connectivity index (χ4n) is 5.13. The molecule has 33 heavy (non-hydrogen) atoms. The van der Waals surface area contributed by atoms with Gasteiger partial charge in [0.2, 0.25) is 15.7 Å². The van der Waals surface area contributed by atoms with Gasteiger partial charge in [0.25, 0.3) is 0 Å². The Kier molecular flexibility index (Phi) is 5.99. The van der Waals surface area contributed by atoms with Crippen LogP contribution in [0.1, 0.15) is 13.8 Å². The Bertz CT molecular complexity index is 1320. The predicted molar refractivity (Wildman–Crippen MR) is 110 cm³/mol. The molecule has 166 valence electrons. The first-order valence-corrected chi connectivity index (χ1v) is 11.7. The molecular weight excluding hydrogens is 457 g/mol. The molecule has 2 aromatic rings. The molecule has 3 aliphatic rings. The minimum absolute atomic E-state index is 0. The molecule has 3 aliphatic heterocycles. The van der Waals surface area contributed by atoms with Crippen molar-refractivity contribution < 1.29 is 62.5 Å². The number of aliphatic hydroxyl groups excluding tert-OH is 1. The molecular formula is C23H20NNaO7S. The maximum Gasteiger partial charge on any atom is 1.00 e. The predicted octanol–water partition coefficient (Wildman–Crippen LogP) is -2.26. The van der Waals surface area contributed by atoms with E-state index in [9.17, 15) is 28.2 Å². The number of ether oxygens (including phenoxy) is 1. The van der Waals surface area contributed by atoms with Crippen molar-refractivity contribution in [2.24, 2.45) is 11.8 Å². The molecule has 5 rings (SSSR count). The zero-order chi connectivity index (χ0) is 22.9. The Labute approximate surface area is 213 Å². The monoisotopic (exact) mass is 477 g/mol. The Morgan fingerprint density at radius 3 is 2.52 bits per heavy atom. The maximum atomic E-state index is 12.9. The van der Waals surface area contributed by atoms with Gasteiger partial charge >= 0.3 is 29.6 Å². The molecule has 3 heterocycles. The molecule has 8 nitrogen and oxygen atoms in total. The van der Waals surface area contributed by atoms with Crippen LogP contribution >= 0.6 is 0 Å². The number of hydrogen-bond acceptors (Lipinski definition) is 7. The fraction of sp³-hybridized carbons (Fsp3) is 0.304.